The van der Waals surface area contributed by atoms with E-state index >= 15 is 0 Å². The number of halogens is 1. The first-order valence-corrected chi connectivity index (χ1v) is 11.7. The molecule has 0 unspecified atom stereocenters. The summed E-state index contributed by atoms with van der Waals surface area (Å²) in [5.41, 5.74) is 4.02. The van der Waals surface area contributed by atoms with Gasteiger partial charge in [0.05, 0.1) is 6.54 Å². The molecule has 162 valence electrons. The maximum atomic E-state index is 11.7. The molecule has 1 aromatic heterocycles. The summed E-state index contributed by atoms with van der Waals surface area (Å²) in [4.78, 5) is 11.7. The lowest BCUT2D eigenvalue weighted by Gasteiger charge is -2.11. The van der Waals surface area contributed by atoms with Gasteiger partial charge in [-0.25, -0.2) is 0 Å². The minimum Gasteiger partial charge on any atom is -0.326 e. The average molecular weight is 463 g/mol. The largest absolute Gasteiger partial charge is 0.326 e. The number of thioether (sulfide) groups is 1. The fraction of sp³-hybridized carbons (Fsp3) is 0.160. The molecule has 7 heteroatoms. The zero-order chi connectivity index (χ0) is 22.3. The highest BCUT2D eigenvalue weighted by Gasteiger charge is 2.15. The summed E-state index contributed by atoms with van der Waals surface area (Å²) in [6.45, 7) is 2.49. The number of nitrogens with one attached hydrogen (secondary N) is 1. The molecule has 0 aliphatic carbocycles. The standard InChI is InChI=1S/C25H23ClN4OS/c1-2-23(31)27-22-13-11-20(12-14-22)24-28-29-25(30(24)16-18-7-4-3-5-8-18)32-17-19-9-6-10-21(26)15-19/h3-15H,2,16-17H2,1H3,(H,27,31). The minimum atomic E-state index is -0.00954. The Morgan fingerprint density at radius 2 is 1.72 bits per heavy atom. The number of hydrogen-bond donors (Lipinski definition) is 1. The molecule has 1 amide bonds. The topological polar surface area (TPSA) is 59.8 Å². The fourth-order valence-electron chi connectivity index (χ4n) is 3.24. The minimum absolute atomic E-state index is 0.00954. The van der Waals surface area contributed by atoms with Crippen molar-refractivity contribution in [2.45, 2.75) is 30.8 Å². The van der Waals surface area contributed by atoms with E-state index in [0.29, 0.717) is 13.0 Å². The van der Waals surface area contributed by atoms with Gasteiger partial charge in [0, 0.05) is 28.4 Å². The van der Waals surface area contributed by atoms with Crippen molar-refractivity contribution < 1.29 is 4.79 Å². The fourth-order valence-corrected chi connectivity index (χ4v) is 4.34. The number of hydrogen-bond acceptors (Lipinski definition) is 4. The van der Waals surface area contributed by atoms with Crippen molar-refractivity contribution in [2.75, 3.05) is 5.32 Å². The SMILES string of the molecule is CCC(=O)Nc1ccc(-c2nnc(SCc3cccc(Cl)c3)n2Cc2ccccc2)cc1. The highest BCUT2D eigenvalue weighted by Crippen LogP contribution is 2.28. The van der Waals surface area contributed by atoms with E-state index in [1.165, 1.54) is 5.56 Å². The van der Waals surface area contributed by atoms with Crippen LogP contribution in [0.2, 0.25) is 5.02 Å². The Bertz CT molecular complexity index is 1190. The van der Waals surface area contributed by atoms with E-state index in [0.717, 1.165) is 38.6 Å². The number of carbonyl (C=O) groups excluding carboxylic acids is 1. The van der Waals surface area contributed by atoms with Crippen molar-refractivity contribution in [3.05, 3.63) is 95.0 Å². The molecule has 4 rings (SSSR count). The lowest BCUT2D eigenvalue weighted by atomic mass is 10.1. The molecule has 0 radical (unpaired) electrons. The Morgan fingerprint density at radius 1 is 0.969 bits per heavy atom. The van der Waals surface area contributed by atoms with E-state index in [2.05, 4.69) is 38.3 Å². The summed E-state index contributed by atoms with van der Waals surface area (Å²) >= 11 is 7.77. The summed E-state index contributed by atoms with van der Waals surface area (Å²) in [6, 6.07) is 25.8. The van der Waals surface area contributed by atoms with Crippen molar-refractivity contribution in [1.82, 2.24) is 14.8 Å². The van der Waals surface area contributed by atoms with E-state index in [4.69, 9.17) is 11.6 Å². The van der Waals surface area contributed by atoms with Gasteiger partial charge in [-0.2, -0.15) is 0 Å². The van der Waals surface area contributed by atoms with Crippen LogP contribution in [0.15, 0.2) is 84.0 Å². The number of aromatic nitrogens is 3. The number of benzene rings is 3. The summed E-state index contributed by atoms with van der Waals surface area (Å²) in [5.74, 6) is 1.52. The quantitative estimate of drug-likeness (QED) is 0.313. The van der Waals surface area contributed by atoms with Gasteiger partial charge in [-0.1, -0.05) is 72.8 Å². The summed E-state index contributed by atoms with van der Waals surface area (Å²) in [5, 5.41) is 13.4. The molecule has 0 atom stereocenters. The molecule has 5 nitrogen and oxygen atoms in total. The van der Waals surface area contributed by atoms with E-state index < -0.39 is 0 Å². The molecule has 4 aromatic rings. The van der Waals surface area contributed by atoms with Gasteiger partial charge in [-0.05, 0) is 47.5 Å². The second-order valence-corrected chi connectivity index (χ2v) is 8.65. The van der Waals surface area contributed by atoms with Crippen molar-refractivity contribution in [2.24, 2.45) is 0 Å². The number of amides is 1. The van der Waals surface area contributed by atoms with Crippen LogP contribution >= 0.6 is 23.4 Å². The van der Waals surface area contributed by atoms with Crippen LogP contribution in [0, 0.1) is 0 Å². The third kappa shape index (κ3) is 5.58. The lowest BCUT2D eigenvalue weighted by molar-refractivity contribution is -0.115. The van der Waals surface area contributed by atoms with Crippen LogP contribution < -0.4 is 5.32 Å². The monoisotopic (exact) mass is 462 g/mol. The highest BCUT2D eigenvalue weighted by atomic mass is 35.5. The molecule has 0 aliphatic heterocycles. The third-order valence-electron chi connectivity index (χ3n) is 4.91. The van der Waals surface area contributed by atoms with Crippen LogP contribution in [-0.2, 0) is 17.1 Å². The molecule has 3 aromatic carbocycles. The first kappa shape index (κ1) is 22.1. The van der Waals surface area contributed by atoms with E-state index in [1.54, 1.807) is 11.8 Å². The Labute approximate surface area is 196 Å². The van der Waals surface area contributed by atoms with Gasteiger partial charge < -0.3 is 5.32 Å². The predicted molar refractivity (Wildman–Crippen MR) is 131 cm³/mol. The first-order chi connectivity index (χ1) is 15.6. The number of nitrogens with zero attached hydrogens (tertiary/aromatic N) is 3. The third-order valence-corrected chi connectivity index (χ3v) is 6.18. The van der Waals surface area contributed by atoms with Crippen LogP contribution in [0.25, 0.3) is 11.4 Å². The summed E-state index contributed by atoms with van der Waals surface area (Å²) in [7, 11) is 0. The Hall–Kier alpha value is -3.09. The van der Waals surface area contributed by atoms with Gasteiger partial charge in [0.15, 0.2) is 11.0 Å². The lowest BCUT2D eigenvalue weighted by Crippen LogP contribution is -2.09. The zero-order valence-corrected chi connectivity index (χ0v) is 19.2. The molecule has 1 N–H and O–H groups in total. The molecular weight excluding hydrogens is 440 g/mol. The van der Waals surface area contributed by atoms with Crippen LogP contribution in [0.4, 0.5) is 5.69 Å². The molecule has 0 saturated heterocycles. The van der Waals surface area contributed by atoms with Crippen LogP contribution in [-0.4, -0.2) is 20.7 Å². The van der Waals surface area contributed by atoms with Gasteiger partial charge in [0.25, 0.3) is 0 Å². The molecule has 1 heterocycles. The molecule has 0 bridgehead atoms. The smallest absolute Gasteiger partial charge is 0.224 e. The molecule has 32 heavy (non-hydrogen) atoms. The van der Waals surface area contributed by atoms with Crippen molar-refractivity contribution >= 4 is 35.0 Å². The Morgan fingerprint density at radius 3 is 2.44 bits per heavy atom. The van der Waals surface area contributed by atoms with Gasteiger partial charge in [-0.3, -0.25) is 9.36 Å². The van der Waals surface area contributed by atoms with Gasteiger partial charge in [0.2, 0.25) is 5.91 Å². The predicted octanol–water partition coefficient (Wildman–Crippen LogP) is 6.29. The second-order valence-electron chi connectivity index (χ2n) is 7.28. The Balaban J connectivity index is 1.62. The zero-order valence-electron chi connectivity index (χ0n) is 17.7. The second kappa shape index (κ2) is 10.5. The summed E-state index contributed by atoms with van der Waals surface area (Å²) in [6.07, 6.45) is 0.445. The van der Waals surface area contributed by atoms with E-state index in [1.807, 2.05) is 67.6 Å². The molecule has 0 saturated carbocycles. The van der Waals surface area contributed by atoms with Gasteiger partial charge in [0.1, 0.15) is 0 Å². The maximum absolute atomic E-state index is 11.7. The highest BCUT2D eigenvalue weighted by molar-refractivity contribution is 7.98. The van der Waals surface area contributed by atoms with Crippen LogP contribution in [0.5, 0.6) is 0 Å². The van der Waals surface area contributed by atoms with Crippen LogP contribution in [0.1, 0.15) is 24.5 Å². The molecule has 0 fully saturated rings. The average Bonchev–Trinajstić information content (AvgIpc) is 3.21. The summed E-state index contributed by atoms with van der Waals surface area (Å²) < 4.78 is 2.13. The Kier molecular flexibility index (Phi) is 7.24. The molecule has 0 aliphatic rings. The number of rotatable bonds is 8. The number of carbonyl (C=O) groups is 1. The first-order valence-electron chi connectivity index (χ1n) is 10.4. The van der Waals surface area contributed by atoms with E-state index in [9.17, 15) is 4.79 Å². The molecular formula is C25H23ClN4OS. The van der Waals surface area contributed by atoms with Gasteiger partial charge >= 0.3 is 0 Å². The van der Waals surface area contributed by atoms with Crippen molar-refractivity contribution in [3.8, 4) is 11.4 Å². The van der Waals surface area contributed by atoms with Gasteiger partial charge in [-0.15, -0.1) is 10.2 Å². The maximum Gasteiger partial charge on any atom is 0.224 e. The van der Waals surface area contributed by atoms with Crippen LogP contribution in [0.3, 0.4) is 0 Å². The van der Waals surface area contributed by atoms with Crippen molar-refractivity contribution in [1.29, 1.82) is 0 Å². The molecule has 0 spiro atoms. The van der Waals surface area contributed by atoms with Crippen molar-refractivity contribution in [3.63, 3.8) is 0 Å². The normalized spacial score (nSPS) is 10.8. The number of anilines is 1. The van der Waals surface area contributed by atoms with E-state index in [-0.39, 0.29) is 5.91 Å².